The predicted molar refractivity (Wildman–Crippen MR) is 89.6 cm³/mol. The third kappa shape index (κ3) is 5.70. The molecule has 0 bridgehead atoms. The van der Waals surface area contributed by atoms with Crippen molar-refractivity contribution in [3.63, 3.8) is 0 Å². The Labute approximate surface area is 124 Å². The van der Waals surface area contributed by atoms with Gasteiger partial charge in [0.15, 0.2) is 0 Å². The van der Waals surface area contributed by atoms with Gasteiger partial charge in [-0.25, -0.2) is 0 Å². The van der Waals surface area contributed by atoms with Crippen molar-refractivity contribution in [2.24, 2.45) is 0 Å². The highest BCUT2D eigenvalue weighted by Crippen LogP contribution is 2.13. The fourth-order valence-electron chi connectivity index (χ4n) is 1.73. The lowest BCUT2D eigenvalue weighted by molar-refractivity contribution is 0.824. The number of aromatic nitrogens is 1. The lowest BCUT2D eigenvalue weighted by atomic mass is 10.1. The molecular formula is C18H26N2. The molecule has 0 aliphatic carbocycles. The van der Waals surface area contributed by atoms with Gasteiger partial charge in [-0.1, -0.05) is 43.8 Å². The number of benzene rings is 1. The van der Waals surface area contributed by atoms with Crippen molar-refractivity contribution in [3.8, 4) is 0 Å². The molecule has 0 unspecified atom stereocenters. The van der Waals surface area contributed by atoms with Gasteiger partial charge in [-0.3, -0.25) is 4.98 Å². The third-order valence-electron chi connectivity index (χ3n) is 2.87. The van der Waals surface area contributed by atoms with Crippen LogP contribution in [0.5, 0.6) is 0 Å². The molecule has 0 amide bonds. The average Bonchev–Trinajstić information content (AvgIpc) is 2.47. The van der Waals surface area contributed by atoms with Gasteiger partial charge in [-0.05, 0) is 43.0 Å². The minimum atomic E-state index is 0. The van der Waals surface area contributed by atoms with Crippen LogP contribution in [0.2, 0.25) is 0 Å². The van der Waals surface area contributed by atoms with E-state index in [1.165, 1.54) is 16.7 Å². The predicted octanol–water partition coefficient (Wildman–Crippen LogP) is 4.60. The molecule has 0 radical (unpaired) electrons. The summed E-state index contributed by atoms with van der Waals surface area (Å²) in [4.78, 5) is 3.88. The Morgan fingerprint density at radius 1 is 1.20 bits per heavy atom. The van der Waals surface area contributed by atoms with E-state index in [0.29, 0.717) is 0 Å². The van der Waals surface area contributed by atoms with Crippen LogP contribution in [-0.2, 0) is 0 Å². The number of hydrogen-bond acceptors (Lipinski definition) is 2. The number of pyridine rings is 1. The number of nitrogens with one attached hydrogen (secondary N) is 1. The summed E-state index contributed by atoms with van der Waals surface area (Å²) >= 11 is 0. The standard InChI is InChI=1S/C12H17N.C6H7N.H2/c1-4-9-13-11(3)12-8-6-5-7-10(12)2;1-6-3-2-4-7-5-6;/h5-8,13H,3-4,9H2,1-2H3;2-5H,1H3;1H. The molecule has 0 saturated heterocycles. The number of hydrogen-bond donors (Lipinski definition) is 1. The summed E-state index contributed by atoms with van der Waals surface area (Å²) in [6.07, 6.45) is 4.73. The number of aryl methyl sites for hydroxylation is 2. The maximum Gasteiger partial charge on any atom is 0.0343 e. The highest BCUT2D eigenvalue weighted by molar-refractivity contribution is 5.64. The Morgan fingerprint density at radius 3 is 2.45 bits per heavy atom. The summed E-state index contributed by atoms with van der Waals surface area (Å²) in [5.41, 5.74) is 4.73. The van der Waals surface area contributed by atoms with E-state index in [9.17, 15) is 0 Å². The Morgan fingerprint density at radius 2 is 1.95 bits per heavy atom. The molecule has 20 heavy (non-hydrogen) atoms. The molecule has 2 heteroatoms. The van der Waals surface area contributed by atoms with Crippen LogP contribution >= 0.6 is 0 Å². The number of rotatable bonds is 4. The van der Waals surface area contributed by atoms with E-state index in [2.05, 4.69) is 42.9 Å². The molecule has 0 fully saturated rings. The number of nitrogens with zero attached hydrogens (tertiary/aromatic N) is 1. The molecule has 108 valence electrons. The molecule has 0 aliphatic rings. The Bertz CT molecular complexity index is 524. The van der Waals surface area contributed by atoms with Gasteiger partial charge in [0.25, 0.3) is 0 Å². The molecule has 0 saturated carbocycles. The van der Waals surface area contributed by atoms with Crippen LogP contribution in [0, 0.1) is 13.8 Å². The zero-order chi connectivity index (χ0) is 14.8. The van der Waals surface area contributed by atoms with Gasteiger partial charge in [-0.2, -0.15) is 0 Å². The maximum absolute atomic E-state index is 4.01. The summed E-state index contributed by atoms with van der Waals surface area (Å²) in [7, 11) is 0. The first kappa shape index (κ1) is 16.0. The first-order chi connectivity index (χ1) is 9.65. The Balaban J connectivity index is 0.000000425. The molecule has 0 aliphatic heterocycles. The van der Waals surface area contributed by atoms with Gasteiger partial charge in [0.2, 0.25) is 0 Å². The van der Waals surface area contributed by atoms with Crippen LogP contribution in [0.3, 0.4) is 0 Å². The van der Waals surface area contributed by atoms with E-state index in [1.807, 2.05) is 37.4 Å². The van der Waals surface area contributed by atoms with Gasteiger partial charge < -0.3 is 5.32 Å². The van der Waals surface area contributed by atoms with Crippen LogP contribution in [-0.4, -0.2) is 11.5 Å². The van der Waals surface area contributed by atoms with Crippen molar-refractivity contribution in [2.45, 2.75) is 27.2 Å². The van der Waals surface area contributed by atoms with E-state index in [4.69, 9.17) is 0 Å². The second kappa shape index (κ2) is 8.92. The summed E-state index contributed by atoms with van der Waals surface area (Å²) < 4.78 is 0. The highest BCUT2D eigenvalue weighted by Gasteiger charge is 1.99. The molecule has 2 aromatic rings. The van der Waals surface area contributed by atoms with Crippen LogP contribution in [0.4, 0.5) is 0 Å². The maximum atomic E-state index is 4.01. The molecular weight excluding hydrogens is 244 g/mol. The van der Waals surface area contributed by atoms with Crippen molar-refractivity contribution >= 4 is 5.70 Å². The van der Waals surface area contributed by atoms with Crippen molar-refractivity contribution in [3.05, 3.63) is 72.1 Å². The zero-order valence-electron chi connectivity index (χ0n) is 12.7. The molecule has 1 heterocycles. The first-order valence-electron chi connectivity index (χ1n) is 7.00. The second-order valence-electron chi connectivity index (χ2n) is 4.75. The van der Waals surface area contributed by atoms with Gasteiger partial charge in [0.05, 0.1) is 0 Å². The monoisotopic (exact) mass is 270 g/mol. The third-order valence-corrected chi connectivity index (χ3v) is 2.87. The van der Waals surface area contributed by atoms with Gasteiger partial charge in [-0.15, -0.1) is 0 Å². The normalized spacial score (nSPS) is 9.35. The quantitative estimate of drug-likeness (QED) is 0.878. The lowest BCUT2D eigenvalue weighted by Gasteiger charge is -2.10. The summed E-state index contributed by atoms with van der Waals surface area (Å²) in [5.74, 6) is 0. The van der Waals surface area contributed by atoms with Gasteiger partial charge in [0.1, 0.15) is 0 Å². The fraction of sp³-hybridized carbons (Fsp3) is 0.278. The fourth-order valence-corrected chi connectivity index (χ4v) is 1.73. The molecule has 1 aromatic carbocycles. The molecule has 2 rings (SSSR count). The minimum absolute atomic E-state index is 0. The molecule has 1 N–H and O–H groups in total. The smallest absolute Gasteiger partial charge is 0.0343 e. The van der Waals surface area contributed by atoms with E-state index < -0.39 is 0 Å². The molecule has 0 atom stereocenters. The van der Waals surface area contributed by atoms with Crippen LogP contribution in [0.1, 0.15) is 31.5 Å². The van der Waals surface area contributed by atoms with Gasteiger partial charge in [0, 0.05) is 26.1 Å². The van der Waals surface area contributed by atoms with Crippen LogP contribution in [0.25, 0.3) is 5.70 Å². The van der Waals surface area contributed by atoms with Crippen LogP contribution < -0.4 is 5.32 Å². The minimum Gasteiger partial charge on any atom is -0.385 e. The molecule has 1 aromatic heterocycles. The molecule has 2 nitrogen and oxygen atoms in total. The van der Waals surface area contributed by atoms with Crippen molar-refractivity contribution in [2.75, 3.05) is 6.54 Å². The molecule has 0 spiro atoms. The summed E-state index contributed by atoms with van der Waals surface area (Å²) in [5, 5.41) is 3.29. The first-order valence-corrected chi connectivity index (χ1v) is 7.00. The van der Waals surface area contributed by atoms with Crippen molar-refractivity contribution < 1.29 is 1.43 Å². The SMILES string of the molecule is C=C(NCCC)c1ccccc1C.Cc1cccnc1.[HH]. The van der Waals surface area contributed by atoms with E-state index in [1.54, 1.807) is 6.20 Å². The summed E-state index contributed by atoms with van der Waals surface area (Å²) in [6, 6.07) is 12.2. The van der Waals surface area contributed by atoms with Gasteiger partial charge >= 0.3 is 0 Å². The topological polar surface area (TPSA) is 24.9 Å². The van der Waals surface area contributed by atoms with E-state index >= 15 is 0 Å². The van der Waals surface area contributed by atoms with Crippen molar-refractivity contribution in [1.29, 1.82) is 0 Å². The Hall–Kier alpha value is -2.09. The van der Waals surface area contributed by atoms with Crippen molar-refractivity contribution in [1.82, 2.24) is 10.3 Å². The van der Waals surface area contributed by atoms with E-state index in [-0.39, 0.29) is 1.43 Å². The zero-order valence-corrected chi connectivity index (χ0v) is 12.7. The van der Waals surface area contributed by atoms with E-state index in [0.717, 1.165) is 18.7 Å². The average molecular weight is 270 g/mol. The largest absolute Gasteiger partial charge is 0.385 e. The highest BCUT2D eigenvalue weighted by atomic mass is 14.9. The second-order valence-corrected chi connectivity index (χ2v) is 4.75. The Kier molecular flexibility index (Phi) is 7.12. The summed E-state index contributed by atoms with van der Waals surface area (Å²) in [6.45, 7) is 11.3. The van der Waals surface area contributed by atoms with Crippen LogP contribution in [0.15, 0.2) is 55.4 Å². The lowest BCUT2D eigenvalue weighted by Crippen LogP contribution is -2.12.